The fraction of sp³-hybridized carbons (Fsp3) is 0.500. The molecule has 0 spiro atoms. The van der Waals surface area contributed by atoms with Crippen molar-refractivity contribution in [1.29, 1.82) is 0 Å². The van der Waals surface area contributed by atoms with Crippen LogP contribution in [0.5, 0.6) is 0 Å². The number of fused-ring (bicyclic) bond motifs is 1. The van der Waals surface area contributed by atoms with Crippen LogP contribution in [0, 0.1) is 13.8 Å². The highest BCUT2D eigenvalue weighted by Gasteiger charge is 2.16. The minimum atomic E-state index is 0.605. The van der Waals surface area contributed by atoms with E-state index in [1.165, 1.54) is 26.1 Å². The number of benzene rings is 1. The van der Waals surface area contributed by atoms with Gasteiger partial charge in [0, 0.05) is 9.58 Å². The molecule has 2 rings (SSSR count). The molecule has 1 heterocycles. The number of aryl methyl sites for hydroxylation is 2. The van der Waals surface area contributed by atoms with Gasteiger partial charge in [0.1, 0.15) is 0 Å². The molecule has 0 saturated heterocycles. The second kappa shape index (κ2) is 4.45. The van der Waals surface area contributed by atoms with Crippen LogP contribution < -0.4 is 0 Å². The number of thiophene rings is 1. The lowest BCUT2D eigenvalue weighted by Gasteiger charge is -2.17. The van der Waals surface area contributed by atoms with Gasteiger partial charge in [0.05, 0.1) is 0 Å². The van der Waals surface area contributed by atoms with Crippen molar-refractivity contribution in [2.45, 2.75) is 53.4 Å². The molecule has 0 radical (unpaired) electrons. The Morgan fingerprint density at radius 2 is 1.59 bits per heavy atom. The van der Waals surface area contributed by atoms with E-state index in [1.807, 2.05) is 11.3 Å². The van der Waals surface area contributed by atoms with Crippen molar-refractivity contribution in [3.8, 4) is 0 Å². The second-order valence-corrected chi connectivity index (χ2v) is 6.76. The molecule has 0 unspecified atom stereocenters. The van der Waals surface area contributed by atoms with Crippen LogP contribution in [0.1, 0.15) is 61.1 Å². The molecule has 92 valence electrons. The van der Waals surface area contributed by atoms with Gasteiger partial charge >= 0.3 is 0 Å². The van der Waals surface area contributed by atoms with E-state index < -0.39 is 0 Å². The lowest BCUT2D eigenvalue weighted by molar-refractivity contribution is 0.799. The van der Waals surface area contributed by atoms with Crippen molar-refractivity contribution < 1.29 is 0 Å². The summed E-state index contributed by atoms with van der Waals surface area (Å²) >= 11 is 1.97. The van der Waals surface area contributed by atoms with Crippen molar-refractivity contribution in [3.05, 3.63) is 33.7 Å². The van der Waals surface area contributed by atoms with Crippen LogP contribution >= 0.6 is 11.3 Å². The van der Waals surface area contributed by atoms with Gasteiger partial charge in [-0.25, -0.2) is 0 Å². The van der Waals surface area contributed by atoms with Crippen LogP contribution in [0.3, 0.4) is 0 Å². The van der Waals surface area contributed by atoms with E-state index in [0.717, 1.165) is 0 Å². The molecule has 1 aromatic carbocycles. The zero-order valence-electron chi connectivity index (χ0n) is 11.7. The first-order valence-electron chi connectivity index (χ1n) is 6.46. The smallest absolute Gasteiger partial charge is 0.0385 e. The van der Waals surface area contributed by atoms with E-state index in [1.54, 1.807) is 5.56 Å². The average molecular weight is 246 g/mol. The molecular formula is C16H22S. The minimum absolute atomic E-state index is 0.605. The van der Waals surface area contributed by atoms with Gasteiger partial charge in [0.25, 0.3) is 0 Å². The number of hydrogen-bond donors (Lipinski definition) is 0. The Morgan fingerprint density at radius 1 is 0.941 bits per heavy atom. The maximum absolute atomic E-state index is 2.33. The van der Waals surface area contributed by atoms with Crippen molar-refractivity contribution in [3.63, 3.8) is 0 Å². The van der Waals surface area contributed by atoms with Gasteiger partial charge in [-0.3, -0.25) is 0 Å². The highest BCUT2D eigenvalue weighted by Crippen LogP contribution is 2.39. The summed E-state index contributed by atoms with van der Waals surface area (Å²) in [7, 11) is 0. The lowest BCUT2D eigenvalue weighted by atomic mass is 9.89. The Balaban J connectivity index is 2.84. The molecule has 0 atom stereocenters. The summed E-state index contributed by atoms with van der Waals surface area (Å²) in [6.07, 6.45) is 0. The SMILES string of the molecule is Cc1sc2c(C(C)C)c(C(C)C)ccc2c1C. The minimum Gasteiger partial charge on any atom is -0.140 e. The lowest BCUT2D eigenvalue weighted by Crippen LogP contribution is -1.98. The summed E-state index contributed by atoms with van der Waals surface area (Å²) < 4.78 is 1.52. The molecule has 0 fully saturated rings. The molecule has 0 saturated carbocycles. The van der Waals surface area contributed by atoms with Gasteiger partial charge < -0.3 is 0 Å². The molecule has 0 bridgehead atoms. The van der Waals surface area contributed by atoms with Gasteiger partial charge in [-0.15, -0.1) is 11.3 Å². The van der Waals surface area contributed by atoms with E-state index in [2.05, 4.69) is 53.7 Å². The molecule has 2 aromatic rings. The molecule has 0 nitrogen and oxygen atoms in total. The highest BCUT2D eigenvalue weighted by atomic mass is 32.1. The van der Waals surface area contributed by atoms with Crippen molar-refractivity contribution >= 4 is 21.4 Å². The second-order valence-electron chi connectivity index (χ2n) is 5.54. The summed E-state index contributed by atoms with van der Waals surface area (Å²) in [6.45, 7) is 13.7. The maximum Gasteiger partial charge on any atom is 0.0385 e. The molecule has 0 aliphatic carbocycles. The van der Waals surface area contributed by atoms with Crippen LogP contribution in [0.15, 0.2) is 12.1 Å². The van der Waals surface area contributed by atoms with Gasteiger partial charge in [0.15, 0.2) is 0 Å². The van der Waals surface area contributed by atoms with Gasteiger partial charge in [0.2, 0.25) is 0 Å². The van der Waals surface area contributed by atoms with Crippen LogP contribution in [-0.2, 0) is 0 Å². The molecule has 1 aromatic heterocycles. The molecule has 0 aliphatic heterocycles. The molecular weight excluding hydrogens is 224 g/mol. The number of rotatable bonds is 2. The van der Waals surface area contributed by atoms with E-state index in [4.69, 9.17) is 0 Å². The van der Waals surface area contributed by atoms with Gasteiger partial charge in [-0.05, 0) is 47.8 Å². The van der Waals surface area contributed by atoms with Gasteiger partial charge in [-0.1, -0.05) is 39.8 Å². The normalized spacial score (nSPS) is 12.0. The third kappa shape index (κ3) is 2.01. The quantitative estimate of drug-likeness (QED) is 0.631. The van der Waals surface area contributed by atoms with E-state index in [9.17, 15) is 0 Å². The Labute approximate surface area is 109 Å². The Morgan fingerprint density at radius 3 is 2.12 bits per heavy atom. The fourth-order valence-electron chi connectivity index (χ4n) is 2.54. The summed E-state index contributed by atoms with van der Waals surface area (Å²) in [4.78, 5) is 1.46. The standard InChI is InChI=1S/C16H22S/c1-9(2)13-7-8-14-11(5)12(6)17-16(14)15(13)10(3)4/h7-10H,1-6H3. The van der Waals surface area contributed by atoms with Crippen LogP contribution in [-0.4, -0.2) is 0 Å². The first-order valence-corrected chi connectivity index (χ1v) is 7.27. The predicted molar refractivity (Wildman–Crippen MR) is 79.5 cm³/mol. The zero-order valence-corrected chi connectivity index (χ0v) is 12.5. The first-order chi connectivity index (χ1) is 7.93. The topological polar surface area (TPSA) is 0 Å². The van der Waals surface area contributed by atoms with Crippen molar-refractivity contribution in [2.24, 2.45) is 0 Å². The molecule has 0 N–H and O–H groups in total. The Kier molecular flexibility index (Phi) is 3.31. The molecule has 0 amide bonds. The van der Waals surface area contributed by atoms with Crippen molar-refractivity contribution in [1.82, 2.24) is 0 Å². The van der Waals surface area contributed by atoms with Crippen molar-refractivity contribution in [2.75, 3.05) is 0 Å². The first kappa shape index (κ1) is 12.6. The third-order valence-electron chi connectivity index (χ3n) is 3.62. The highest BCUT2D eigenvalue weighted by molar-refractivity contribution is 7.19. The summed E-state index contributed by atoms with van der Waals surface area (Å²) in [5.41, 5.74) is 4.55. The Hall–Kier alpha value is -0.820. The maximum atomic E-state index is 2.33. The van der Waals surface area contributed by atoms with E-state index in [-0.39, 0.29) is 0 Å². The largest absolute Gasteiger partial charge is 0.140 e. The summed E-state index contributed by atoms with van der Waals surface area (Å²) in [5, 5.41) is 1.46. The van der Waals surface area contributed by atoms with Crippen LogP contribution in [0.4, 0.5) is 0 Å². The van der Waals surface area contributed by atoms with E-state index >= 15 is 0 Å². The molecule has 17 heavy (non-hydrogen) atoms. The fourth-order valence-corrected chi connectivity index (χ4v) is 3.90. The van der Waals surface area contributed by atoms with Crippen LogP contribution in [0.25, 0.3) is 10.1 Å². The zero-order chi connectivity index (χ0) is 12.7. The van der Waals surface area contributed by atoms with Gasteiger partial charge in [-0.2, -0.15) is 0 Å². The average Bonchev–Trinajstić information content (AvgIpc) is 2.53. The third-order valence-corrected chi connectivity index (χ3v) is 4.87. The molecule has 1 heteroatoms. The summed E-state index contributed by atoms with van der Waals surface area (Å²) in [6, 6.07) is 4.65. The monoisotopic (exact) mass is 246 g/mol. The summed E-state index contributed by atoms with van der Waals surface area (Å²) in [5.74, 6) is 1.22. The Bertz CT molecular complexity index is 544. The number of hydrogen-bond acceptors (Lipinski definition) is 1. The van der Waals surface area contributed by atoms with E-state index in [0.29, 0.717) is 11.8 Å². The predicted octanol–water partition coefficient (Wildman–Crippen LogP) is 5.76. The molecule has 0 aliphatic rings. The van der Waals surface area contributed by atoms with Crippen LogP contribution in [0.2, 0.25) is 0 Å².